The molecule has 64 valence electrons. The van der Waals surface area contributed by atoms with E-state index in [1.807, 2.05) is 6.07 Å². The normalized spacial score (nSPS) is 16.9. The van der Waals surface area contributed by atoms with Crippen LogP contribution < -0.4 is 0 Å². The minimum Gasteiger partial charge on any atom is -0.205 e. The Bertz CT molecular complexity index is 260. The highest BCUT2D eigenvalue weighted by Crippen LogP contribution is 2.40. The van der Waals surface area contributed by atoms with Gasteiger partial charge in [0.25, 0.3) is 6.43 Å². The van der Waals surface area contributed by atoms with Crippen LogP contribution in [0.5, 0.6) is 0 Å². The van der Waals surface area contributed by atoms with Crippen LogP contribution in [0.15, 0.2) is 24.3 Å². The zero-order chi connectivity index (χ0) is 8.55. The van der Waals surface area contributed by atoms with Gasteiger partial charge in [0.1, 0.15) is 0 Å². The van der Waals surface area contributed by atoms with Crippen molar-refractivity contribution in [3.8, 4) is 0 Å². The van der Waals surface area contributed by atoms with Crippen LogP contribution in [-0.4, -0.2) is 0 Å². The van der Waals surface area contributed by atoms with E-state index in [1.54, 1.807) is 12.1 Å². The molecule has 1 aliphatic carbocycles. The molecule has 1 aromatic rings. The fraction of sp³-hybridized carbons (Fsp3) is 0.400. The lowest BCUT2D eigenvalue weighted by atomic mass is 10.1. The van der Waals surface area contributed by atoms with E-state index in [2.05, 4.69) is 0 Å². The molecule has 0 nitrogen and oxygen atoms in total. The number of benzene rings is 1. The van der Waals surface area contributed by atoms with Crippen LogP contribution in [0.3, 0.4) is 0 Å². The summed E-state index contributed by atoms with van der Waals surface area (Å²) in [4.78, 5) is 0. The van der Waals surface area contributed by atoms with E-state index >= 15 is 0 Å². The molecule has 0 aliphatic heterocycles. The van der Waals surface area contributed by atoms with Crippen molar-refractivity contribution < 1.29 is 8.78 Å². The van der Waals surface area contributed by atoms with Crippen LogP contribution in [-0.2, 0) is 0 Å². The molecule has 0 spiro atoms. The molecule has 0 N–H and O–H groups in total. The second kappa shape index (κ2) is 2.85. The average Bonchev–Trinajstić information content (AvgIpc) is 2.87. The molecule has 1 aromatic carbocycles. The topological polar surface area (TPSA) is 0 Å². The molecule has 1 fully saturated rings. The van der Waals surface area contributed by atoms with Crippen molar-refractivity contribution in [3.63, 3.8) is 0 Å². The first kappa shape index (κ1) is 7.71. The van der Waals surface area contributed by atoms with Gasteiger partial charge in [-0.05, 0) is 30.4 Å². The molecule has 1 saturated carbocycles. The number of hydrogen-bond donors (Lipinski definition) is 0. The molecule has 0 bridgehead atoms. The van der Waals surface area contributed by atoms with Gasteiger partial charge in [-0.15, -0.1) is 0 Å². The first-order valence-corrected chi connectivity index (χ1v) is 4.15. The van der Waals surface area contributed by atoms with Gasteiger partial charge in [0.2, 0.25) is 0 Å². The first-order valence-electron chi connectivity index (χ1n) is 4.15. The molecule has 0 amide bonds. The average molecular weight is 168 g/mol. The Morgan fingerprint density at radius 3 is 2.58 bits per heavy atom. The van der Waals surface area contributed by atoms with Crippen LogP contribution in [0, 0.1) is 0 Å². The summed E-state index contributed by atoms with van der Waals surface area (Å²) in [6, 6.07) is 6.76. The van der Waals surface area contributed by atoms with E-state index in [0.29, 0.717) is 5.92 Å². The molecule has 0 heterocycles. The van der Waals surface area contributed by atoms with Gasteiger partial charge >= 0.3 is 0 Å². The SMILES string of the molecule is FC(F)c1cccc(C2CC2)c1. The number of alkyl halides is 2. The second-order valence-corrected chi connectivity index (χ2v) is 3.25. The highest BCUT2D eigenvalue weighted by molar-refractivity contribution is 5.29. The van der Waals surface area contributed by atoms with E-state index in [-0.39, 0.29) is 5.56 Å². The van der Waals surface area contributed by atoms with Gasteiger partial charge in [0.15, 0.2) is 0 Å². The number of rotatable bonds is 2. The predicted octanol–water partition coefficient (Wildman–Crippen LogP) is 3.50. The minimum atomic E-state index is -2.33. The van der Waals surface area contributed by atoms with Crippen molar-refractivity contribution in [1.82, 2.24) is 0 Å². The van der Waals surface area contributed by atoms with Crippen LogP contribution in [0.2, 0.25) is 0 Å². The maximum Gasteiger partial charge on any atom is 0.263 e. The summed E-state index contributed by atoms with van der Waals surface area (Å²) in [5.41, 5.74) is 1.23. The monoisotopic (exact) mass is 168 g/mol. The Kier molecular flexibility index (Phi) is 1.83. The van der Waals surface area contributed by atoms with Crippen LogP contribution in [0.25, 0.3) is 0 Å². The quantitative estimate of drug-likeness (QED) is 0.634. The zero-order valence-electron chi connectivity index (χ0n) is 6.63. The van der Waals surface area contributed by atoms with Gasteiger partial charge in [-0.25, -0.2) is 8.78 Å². The number of halogens is 2. The first-order chi connectivity index (χ1) is 5.77. The van der Waals surface area contributed by atoms with Gasteiger partial charge in [0, 0.05) is 5.56 Å². The number of hydrogen-bond acceptors (Lipinski definition) is 0. The fourth-order valence-corrected chi connectivity index (χ4v) is 1.37. The smallest absolute Gasteiger partial charge is 0.205 e. The zero-order valence-corrected chi connectivity index (χ0v) is 6.63. The van der Waals surface area contributed by atoms with E-state index in [4.69, 9.17) is 0 Å². The Hall–Kier alpha value is -0.920. The predicted molar refractivity (Wildman–Crippen MR) is 43.4 cm³/mol. The summed E-state index contributed by atoms with van der Waals surface area (Å²) in [6.07, 6.45) is -0.0111. The third-order valence-electron chi connectivity index (χ3n) is 2.21. The third kappa shape index (κ3) is 1.47. The Morgan fingerprint density at radius 2 is 2.00 bits per heavy atom. The van der Waals surface area contributed by atoms with Crippen LogP contribution in [0.4, 0.5) is 8.78 Å². The molecule has 12 heavy (non-hydrogen) atoms. The van der Waals surface area contributed by atoms with Gasteiger partial charge in [0.05, 0.1) is 0 Å². The Balaban J connectivity index is 2.26. The van der Waals surface area contributed by atoms with Crippen molar-refractivity contribution >= 4 is 0 Å². The molecule has 2 rings (SSSR count). The molecule has 0 atom stereocenters. The van der Waals surface area contributed by atoms with Crippen molar-refractivity contribution in [3.05, 3.63) is 35.4 Å². The maximum atomic E-state index is 12.2. The fourth-order valence-electron chi connectivity index (χ4n) is 1.37. The van der Waals surface area contributed by atoms with Crippen molar-refractivity contribution in [2.24, 2.45) is 0 Å². The summed E-state index contributed by atoms with van der Waals surface area (Å²) < 4.78 is 24.5. The lowest BCUT2D eigenvalue weighted by Crippen LogP contribution is -1.86. The van der Waals surface area contributed by atoms with E-state index in [0.717, 1.165) is 18.4 Å². The Labute approximate surface area is 70.2 Å². The molecule has 1 aliphatic rings. The highest BCUT2D eigenvalue weighted by atomic mass is 19.3. The van der Waals surface area contributed by atoms with Crippen molar-refractivity contribution in [1.29, 1.82) is 0 Å². The van der Waals surface area contributed by atoms with Crippen LogP contribution in [0.1, 0.15) is 36.3 Å². The van der Waals surface area contributed by atoms with Gasteiger partial charge in [-0.2, -0.15) is 0 Å². The summed E-state index contributed by atoms with van der Waals surface area (Å²) in [7, 11) is 0. The lowest BCUT2D eigenvalue weighted by molar-refractivity contribution is 0.151. The van der Waals surface area contributed by atoms with Crippen LogP contribution >= 0.6 is 0 Å². The molecular weight excluding hydrogens is 158 g/mol. The molecule has 2 heteroatoms. The molecule has 0 saturated heterocycles. The summed E-state index contributed by atoms with van der Waals surface area (Å²) >= 11 is 0. The maximum absolute atomic E-state index is 12.2. The summed E-state index contributed by atoms with van der Waals surface area (Å²) in [5.74, 6) is 0.559. The second-order valence-electron chi connectivity index (χ2n) is 3.25. The van der Waals surface area contributed by atoms with Gasteiger partial charge in [-0.3, -0.25) is 0 Å². The van der Waals surface area contributed by atoms with Crippen molar-refractivity contribution in [2.45, 2.75) is 25.2 Å². The molecule has 0 unspecified atom stereocenters. The van der Waals surface area contributed by atoms with E-state index < -0.39 is 6.43 Å². The molecule has 0 radical (unpaired) electrons. The lowest BCUT2D eigenvalue weighted by Gasteiger charge is -2.01. The van der Waals surface area contributed by atoms with Gasteiger partial charge < -0.3 is 0 Å². The van der Waals surface area contributed by atoms with Gasteiger partial charge in [-0.1, -0.05) is 18.2 Å². The van der Waals surface area contributed by atoms with E-state index in [1.165, 1.54) is 6.07 Å². The standard InChI is InChI=1S/C10H10F2/c11-10(12)9-3-1-2-8(6-9)7-4-5-7/h1-3,6-7,10H,4-5H2. The highest BCUT2D eigenvalue weighted by Gasteiger charge is 2.23. The van der Waals surface area contributed by atoms with E-state index in [9.17, 15) is 8.78 Å². The Morgan fingerprint density at radius 1 is 1.25 bits per heavy atom. The molecule has 0 aromatic heterocycles. The third-order valence-corrected chi connectivity index (χ3v) is 2.21. The molecular formula is C10H10F2. The summed E-state index contributed by atoms with van der Waals surface area (Å²) in [6.45, 7) is 0. The largest absolute Gasteiger partial charge is 0.263 e. The summed E-state index contributed by atoms with van der Waals surface area (Å²) in [5, 5.41) is 0. The minimum absolute atomic E-state index is 0.152. The van der Waals surface area contributed by atoms with Crippen molar-refractivity contribution in [2.75, 3.05) is 0 Å².